The molecule has 9 heteroatoms. The van der Waals surface area contributed by atoms with E-state index in [1.165, 1.54) is 30.5 Å². The van der Waals surface area contributed by atoms with Gasteiger partial charge in [0.1, 0.15) is 5.82 Å². The number of aromatic nitrogens is 3. The average molecular weight is 355 g/mol. The normalized spacial score (nSPS) is 10.3. The number of halogens is 1. The quantitative estimate of drug-likeness (QED) is 0.674. The Morgan fingerprint density at radius 3 is 2.65 bits per heavy atom. The second-order valence-corrected chi connectivity index (χ2v) is 5.26. The zero-order valence-corrected chi connectivity index (χ0v) is 13.5. The van der Waals surface area contributed by atoms with Crippen LogP contribution in [0.25, 0.3) is 11.4 Å². The molecule has 0 aliphatic heterocycles. The Morgan fingerprint density at radius 2 is 1.92 bits per heavy atom. The Kier molecular flexibility index (Phi) is 5.28. The molecule has 0 saturated heterocycles. The molecule has 0 spiro atoms. The van der Waals surface area contributed by atoms with E-state index in [2.05, 4.69) is 26.0 Å². The molecule has 2 N–H and O–H groups in total. The SMILES string of the molecule is O=C(CCc1nc(-c2ccc(F)cc2)no1)NNC(=O)c1cccnc1. The topological polar surface area (TPSA) is 110 Å². The van der Waals surface area contributed by atoms with Gasteiger partial charge in [-0.25, -0.2) is 4.39 Å². The lowest BCUT2D eigenvalue weighted by Crippen LogP contribution is -2.41. The standard InChI is InChI=1S/C17H14FN5O3/c18-13-5-3-11(4-6-13)16-20-15(26-23-16)8-7-14(24)21-22-17(25)12-2-1-9-19-10-12/h1-6,9-10H,7-8H2,(H,21,24)(H,22,25). The van der Waals surface area contributed by atoms with Crippen LogP contribution in [0.5, 0.6) is 0 Å². The molecule has 1 aromatic carbocycles. The molecule has 3 rings (SSSR count). The highest BCUT2D eigenvalue weighted by Gasteiger charge is 2.12. The van der Waals surface area contributed by atoms with E-state index >= 15 is 0 Å². The van der Waals surface area contributed by atoms with Crippen LogP contribution in [0.2, 0.25) is 0 Å². The molecule has 0 fully saturated rings. The van der Waals surface area contributed by atoms with Crippen molar-refractivity contribution in [2.24, 2.45) is 0 Å². The Hall–Kier alpha value is -3.62. The van der Waals surface area contributed by atoms with Crippen molar-refractivity contribution >= 4 is 11.8 Å². The maximum Gasteiger partial charge on any atom is 0.271 e. The van der Waals surface area contributed by atoms with Gasteiger partial charge < -0.3 is 4.52 Å². The van der Waals surface area contributed by atoms with Gasteiger partial charge in [0.15, 0.2) is 0 Å². The fraction of sp³-hybridized carbons (Fsp3) is 0.118. The third-order valence-electron chi connectivity index (χ3n) is 3.38. The number of hydrogen-bond donors (Lipinski definition) is 2. The predicted molar refractivity (Wildman–Crippen MR) is 87.9 cm³/mol. The van der Waals surface area contributed by atoms with E-state index in [9.17, 15) is 14.0 Å². The summed E-state index contributed by atoms with van der Waals surface area (Å²) in [6, 6.07) is 8.84. The second-order valence-electron chi connectivity index (χ2n) is 5.26. The van der Waals surface area contributed by atoms with Crippen LogP contribution < -0.4 is 10.9 Å². The van der Waals surface area contributed by atoms with Gasteiger partial charge in [0.25, 0.3) is 5.91 Å². The first-order valence-corrected chi connectivity index (χ1v) is 7.69. The van der Waals surface area contributed by atoms with E-state index in [1.54, 1.807) is 18.3 Å². The van der Waals surface area contributed by atoms with Gasteiger partial charge >= 0.3 is 0 Å². The Balaban J connectivity index is 1.47. The lowest BCUT2D eigenvalue weighted by molar-refractivity contribution is -0.121. The molecular weight excluding hydrogens is 341 g/mol. The van der Waals surface area contributed by atoms with Crippen LogP contribution >= 0.6 is 0 Å². The molecule has 0 atom stereocenters. The molecule has 3 aromatic rings. The summed E-state index contributed by atoms with van der Waals surface area (Å²) in [5, 5.41) is 3.79. The Labute approximate surface area is 147 Å². The van der Waals surface area contributed by atoms with Gasteiger partial charge in [-0.05, 0) is 36.4 Å². The summed E-state index contributed by atoms with van der Waals surface area (Å²) in [5.41, 5.74) is 5.52. The molecule has 2 amide bonds. The summed E-state index contributed by atoms with van der Waals surface area (Å²) in [5.74, 6) is -0.669. The molecular formula is C17H14FN5O3. The van der Waals surface area contributed by atoms with Crippen molar-refractivity contribution in [1.29, 1.82) is 0 Å². The molecule has 132 valence electrons. The number of hydrazine groups is 1. The highest BCUT2D eigenvalue weighted by Crippen LogP contribution is 2.16. The number of rotatable bonds is 5. The molecule has 2 heterocycles. The summed E-state index contributed by atoms with van der Waals surface area (Å²) in [4.78, 5) is 31.5. The lowest BCUT2D eigenvalue weighted by atomic mass is 10.2. The minimum absolute atomic E-state index is 0.0401. The van der Waals surface area contributed by atoms with Crippen LogP contribution in [-0.2, 0) is 11.2 Å². The number of pyridine rings is 1. The van der Waals surface area contributed by atoms with Crippen LogP contribution in [0.1, 0.15) is 22.7 Å². The average Bonchev–Trinajstić information content (AvgIpc) is 3.14. The molecule has 8 nitrogen and oxygen atoms in total. The van der Waals surface area contributed by atoms with Crippen LogP contribution in [0, 0.1) is 5.82 Å². The fourth-order valence-corrected chi connectivity index (χ4v) is 2.05. The Bertz CT molecular complexity index is 896. The minimum Gasteiger partial charge on any atom is -0.339 e. The van der Waals surface area contributed by atoms with E-state index in [0.29, 0.717) is 17.0 Å². The molecule has 0 aliphatic carbocycles. The van der Waals surface area contributed by atoms with E-state index in [1.807, 2.05) is 0 Å². The first-order valence-electron chi connectivity index (χ1n) is 7.69. The van der Waals surface area contributed by atoms with Crippen LogP contribution in [0.3, 0.4) is 0 Å². The van der Waals surface area contributed by atoms with Gasteiger partial charge in [-0.15, -0.1) is 0 Å². The van der Waals surface area contributed by atoms with E-state index in [0.717, 1.165) is 0 Å². The van der Waals surface area contributed by atoms with Crippen LogP contribution in [0.15, 0.2) is 53.3 Å². The molecule has 2 aromatic heterocycles. The number of nitrogens with zero attached hydrogens (tertiary/aromatic N) is 3. The summed E-state index contributed by atoms with van der Waals surface area (Å²) in [6.07, 6.45) is 3.16. The van der Waals surface area contributed by atoms with Gasteiger partial charge in [-0.3, -0.25) is 25.4 Å². The van der Waals surface area contributed by atoms with Crippen LogP contribution in [-0.4, -0.2) is 26.9 Å². The number of carbonyl (C=O) groups is 2. The Morgan fingerprint density at radius 1 is 1.12 bits per heavy atom. The van der Waals surface area contributed by atoms with E-state index < -0.39 is 11.8 Å². The van der Waals surface area contributed by atoms with Gasteiger partial charge in [0.2, 0.25) is 17.6 Å². The van der Waals surface area contributed by atoms with Gasteiger partial charge in [0, 0.05) is 30.8 Å². The van der Waals surface area contributed by atoms with Crippen molar-refractivity contribution in [3.8, 4) is 11.4 Å². The highest BCUT2D eigenvalue weighted by atomic mass is 19.1. The smallest absolute Gasteiger partial charge is 0.271 e. The largest absolute Gasteiger partial charge is 0.339 e. The van der Waals surface area contributed by atoms with Crippen molar-refractivity contribution in [2.45, 2.75) is 12.8 Å². The molecule has 0 bridgehead atoms. The molecule has 26 heavy (non-hydrogen) atoms. The molecule has 0 unspecified atom stereocenters. The lowest BCUT2D eigenvalue weighted by Gasteiger charge is -2.06. The number of carbonyl (C=O) groups excluding carboxylic acids is 2. The number of aryl methyl sites for hydroxylation is 1. The predicted octanol–water partition coefficient (Wildman–Crippen LogP) is 1.66. The maximum atomic E-state index is 12.9. The van der Waals surface area contributed by atoms with Gasteiger partial charge in [-0.1, -0.05) is 5.16 Å². The number of amides is 2. The number of benzene rings is 1. The van der Waals surface area contributed by atoms with Crippen molar-refractivity contribution < 1.29 is 18.5 Å². The minimum atomic E-state index is -0.470. The van der Waals surface area contributed by atoms with Crippen molar-refractivity contribution in [1.82, 2.24) is 26.0 Å². The maximum absolute atomic E-state index is 12.9. The van der Waals surface area contributed by atoms with E-state index in [-0.39, 0.29) is 24.5 Å². The summed E-state index contributed by atoms with van der Waals surface area (Å²) in [6.45, 7) is 0. The molecule has 0 aliphatic rings. The van der Waals surface area contributed by atoms with E-state index in [4.69, 9.17) is 4.52 Å². The first-order chi connectivity index (χ1) is 12.6. The number of nitrogens with one attached hydrogen (secondary N) is 2. The van der Waals surface area contributed by atoms with Crippen LogP contribution in [0.4, 0.5) is 4.39 Å². The fourth-order valence-electron chi connectivity index (χ4n) is 2.05. The third kappa shape index (κ3) is 4.47. The summed E-state index contributed by atoms with van der Waals surface area (Å²) >= 11 is 0. The van der Waals surface area contributed by atoms with Crippen molar-refractivity contribution in [3.63, 3.8) is 0 Å². The molecule has 0 radical (unpaired) electrons. The zero-order valence-electron chi connectivity index (χ0n) is 13.5. The van der Waals surface area contributed by atoms with Crippen molar-refractivity contribution in [3.05, 3.63) is 66.1 Å². The zero-order chi connectivity index (χ0) is 18.4. The van der Waals surface area contributed by atoms with Gasteiger partial charge in [-0.2, -0.15) is 4.98 Å². The van der Waals surface area contributed by atoms with Crippen molar-refractivity contribution in [2.75, 3.05) is 0 Å². The summed E-state index contributed by atoms with van der Waals surface area (Å²) < 4.78 is 18.0. The monoisotopic (exact) mass is 355 g/mol. The second kappa shape index (κ2) is 7.97. The summed E-state index contributed by atoms with van der Waals surface area (Å²) in [7, 11) is 0. The number of hydrogen-bond acceptors (Lipinski definition) is 6. The first kappa shape index (κ1) is 17.2. The molecule has 0 saturated carbocycles. The van der Waals surface area contributed by atoms with Gasteiger partial charge in [0.05, 0.1) is 5.56 Å². The highest BCUT2D eigenvalue weighted by molar-refractivity contribution is 5.95. The third-order valence-corrected chi connectivity index (χ3v) is 3.38.